The van der Waals surface area contributed by atoms with Gasteiger partial charge in [-0.2, -0.15) is 0 Å². The van der Waals surface area contributed by atoms with Crippen molar-refractivity contribution in [1.82, 2.24) is 5.32 Å². The summed E-state index contributed by atoms with van der Waals surface area (Å²) < 4.78 is 11.2. The Hall–Kier alpha value is -4.46. The van der Waals surface area contributed by atoms with Gasteiger partial charge in [0.25, 0.3) is 5.91 Å². The summed E-state index contributed by atoms with van der Waals surface area (Å²) in [5, 5.41) is 12.1. The van der Waals surface area contributed by atoms with Gasteiger partial charge >= 0.3 is 11.9 Å². The normalized spacial score (nSPS) is 11.3. The van der Waals surface area contributed by atoms with Crippen LogP contribution in [0.15, 0.2) is 72.8 Å². The molecule has 2 N–H and O–H groups in total. The van der Waals surface area contributed by atoms with Crippen LogP contribution in [0.25, 0.3) is 0 Å². The number of hydrogen-bond acceptors (Lipinski definition) is 6. The Kier molecular flexibility index (Phi) is 11.4. The van der Waals surface area contributed by atoms with Gasteiger partial charge in [-0.1, -0.05) is 56.9 Å². The monoisotopic (exact) mass is 545 g/mol. The molecule has 0 fully saturated rings. The summed E-state index contributed by atoms with van der Waals surface area (Å²) in [5.41, 5.74) is 1.72. The third kappa shape index (κ3) is 9.38. The number of hydrogen-bond donors (Lipinski definition) is 2. The summed E-state index contributed by atoms with van der Waals surface area (Å²) >= 11 is 0. The van der Waals surface area contributed by atoms with E-state index in [0.29, 0.717) is 34.8 Å². The number of carboxylic acids is 1. The van der Waals surface area contributed by atoms with E-state index in [9.17, 15) is 24.3 Å². The maximum Gasteiger partial charge on any atom is 0.343 e. The van der Waals surface area contributed by atoms with Crippen molar-refractivity contribution in [2.45, 2.75) is 58.4 Å². The second-order valence-electron chi connectivity index (χ2n) is 9.52. The molecule has 0 radical (unpaired) electrons. The quantitative estimate of drug-likeness (QED) is 0.106. The molecule has 1 amide bonds. The average Bonchev–Trinajstić information content (AvgIpc) is 2.95. The molecule has 0 aliphatic carbocycles. The maximum atomic E-state index is 12.5. The number of ketones is 1. The third-order valence-electron chi connectivity index (χ3n) is 6.34. The van der Waals surface area contributed by atoms with Crippen LogP contribution in [0.1, 0.15) is 82.6 Å². The van der Waals surface area contributed by atoms with Crippen LogP contribution >= 0.6 is 0 Å². The summed E-state index contributed by atoms with van der Waals surface area (Å²) in [6.07, 6.45) is 5.81. The number of rotatable bonds is 15. The third-order valence-corrected chi connectivity index (χ3v) is 6.34. The van der Waals surface area contributed by atoms with Gasteiger partial charge < -0.3 is 19.9 Å². The van der Waals surface area contributed by atoms with Crippen LogP contribution in [0.5, 0.6) is 11.5 Å². The molecule has 0 bridgehead atoms. The number of carbonyl (C=O) groups excluding carboxylic acids is 3. The number of ether oxygens (including phenoxy) is 2. The van der Waals surface area contributed by atoms with Crippen LogP contribution in [0, 0.1) is 0 Å². The first-order valence-corrected chi connectivity index (χ1v) is 13.5. The maximum absolute atomic E-state index is 12.5. The SMILES string of the molecule is CCCCCCCOc1ccc(C(=O)Oc2ccc(C[C@H](NC(=O)c3ccc(C(C)=O)cc3)C(=O)O)cc2)cc1. The molecule has 3 aromatic rings. The van der Waals surface area contributed by atoms with Crippen molar-refractivity contribution in [2.75, 3.05) is 6.61 Å². The zero-order valence-electron chi connectivity index (χ0n) is 22.9. The Bertz CT molecular complexity index is 1280. The first-order valence-electron chi connectivity index (χ1n) is 13.5. The van der Waals surface area contributed by atoms with Crippen LogP contribution in [0.3, 0.4) is 0 Å². The molecule has 0 unspecified atom stereocenters. The van der Waals surface area contributed by atoms with E-state index in [2.05, 4.69) is 12.2 Å². The standard InChI is InChI=1S/C32H35NO7/c1-3-4-5-6-7-20-39-27-18-14-26(15-19-27)32(38)40-28-16-8-23(9-17-28)21-29(31(36)37)33-30(35)25-12-10-24(11-13-25)22(2)34/h8-19,29H,3-7,20-21H2,1-2H3,(H,33,35)(H,36,37)/t29-/m0/s1. The van der Waals surface area contributed by atoms with E-state index in [4.69, 9.17) is 9.47 Å². The summed E-state index contributed by atoms with van der Waals surface area (Å²) in [6, 6.07) is 18.0. The van der Waals surface area contributed by atoms with Gasteiger partial charge in [-0.25, -0.2) is 9.59 Å². The van der Waals surface area contributed by atoms with E-state index in [1.54, 1.807) is 48.5 Å². The van der Waals surface area contributed by atoms with E-state index in [0.717, 1.165) is 12.8 Å². The van der Waals surface area contributed by atoms with E-state index in [1.165, 1.54) is 50.5 Å². The van der Waals surface area contributed by atoms with Gasteiger partial charge in [-0.05, 0) is 67.4 Å². The highest BCUT2D eigenvalue weighted by molar-refractivity contribution is 5.99. The van der Waals surface area contributed by atoms with Gasteiger partial charge in [-0.15, -0.1) is 0 Å². The number of carboxylic acid groups (broad SMARTS) is 1. The van der Waals surface area contributed by atoms with Crippen LogP contribution in [0.2, 0.25) is 0 Å². The van der Waals surface area contributed by atoms with Gasteiger partial charge in [0.1, 0.15) is 17.5 Å². The number of benzene rings is 3. The lowest BCUT2D eigenvalue weighted by molar-refractivity contribution is -0.139. The highest BCUT2D eigenvalue weighted by Gasteiger charge is 2.21. The van der Waals surface area contributed by atoms with Crippen molar-refractivity contribution in [2.24, 2.45) is 0 Å². The molecule has 3 rings (SSSR count). The summed E-state index contributed by atoms with van der Waals surface area (Å²) in [7, 11) is 0. The molecule has 0 heterocycles. The van der Waals surface area contributed by atoms with E-state index in [-0.39, 0.29) is 17.8 Å². The number of unbranched alkanes of at least 4 members (excludes halogenated alkanes) is 4. The number of esters is 1. The van der Waals surface area contributed by atoms with Gasteiger partial charge in [-0.3, -0.25) is 9.59 Å². The molecule has 0 aliphatic rings. The molecular weight excluding hydrogens is 510 g/mol. The average molecular weight is 546 g/mol. The highest BCUT2D eigenvalue weighted by Crippen LogP contribution is 2.18. The fourth-order valence-electron chi connectivity index (χ4n) is 3.98. The van der Waals surface area contributed by atoms with Crippen molar-refractivity contribution in [3.05, 3.63) is 95.1 Å². The number of carbonyl (C=O) groups is 4. The molecule has 0 saturated carbocycles. The van der Waals surface area contributed by atoms with Crippen LogP contribution < -0.4 is 14.8 Å². The van der Waals surface area contributed by atoms with Crippen molar-refractivity contribution < 1.29 is 33.8 Å². The van der Waals surface area contributed by atoms with E-state index >= 15 is 0 Å². The molecular formula is C32H35NO7. The molecule has 1 atom stereocenters. The Labute approximate surface area is 234 Å². The molecule has 8 heteroatoms. The van der Waals surface area contributed by atoms with E-state index in [1.807, 2.05) is 0 Å². The smallest absolute Gasteiger partial charge is 0.343 e. The predicted molar refractivity (Wildman–Crippen MR) is 151 cm³/mol. The molecule has 8 nitrogen and oxygen atoms in total. The summed E-state index contributed by atoms with van der Waals surface area (Å²) in [4.78, 5) is 48.3. The number of aliphatic carboxylic acids is 1. The predicted octanol–water partition coefficient (Wildman–Crippen LogP) is 5.88. The lowest BCUT2D eigenvalue weighted by Crippen LogP contribution is -2.42. The number of nitrogens with one attached hydrogen (secondary N) is 1. The number of Topliss-reactive ketones (excluding diaryl/α,β-unsaturated/α-hetero) is 1. The Morgan fingerprint density at radius 2 is 1.32 bits per heavy atom. The van der Waals surface area contributed by atoms with Crippen molar-refractivity contribution in [3.8, 4) is 11.5 Å². The molecule has 0 saturated heterocycles. The Morgan fingerprint density at radius 1 is 0.750 bits per heavy atom. The first kappa shape index (κ1) is 30.1. The fraction of sp³-hybridized carbons (Fsp3) is 0.312. The molecule has 0 spiro atoms. The fourth-order valence-corrected chi connectivity index (χ4v) is 3.98. The van der Waals surface area contributed by atoms with Gasteiger partial charge in [0.05, 0.1) is 12.2 Å². The van der Waals surface area contributed by atoms with Crippen LogP contribution in [0.4, 0.5) is 0 Å². The van der Waals surface area contributed by atoms with E-state index < -0.39 is 23.9 Å². The van der Waals surface area contributed by atoms with Gasteiger partial charge in [0.15, 0.2) is 5.78 Å². The van der Waals surface area contributed by atoms with Crippen molar-refractivity contribution >= 4 is 23.6 Å². The Morgan fingerprint density at radius 3 is 1.93 bits per heavy atom. The topological polar surface area (TPSA) is 119 Å². The molecule has 3 aromatic carbocycles. The second kappa shape index (κ2) is 15.2. The lowest BCUT2D eigenvalue weighted by Gasteiger charge is -2.15. The minimum Gasteiger partial charge on any atom is -0.494 e. The highest BCUT2D eigenvalue weighted by atomic mass is 16.5. The largest absolute Gasteiger partial charge is 0.494 e. The van der Waals surface area contributed by atoms with Crippen molar-refractivity contribution in [3.63, 3.8) is 0 Å². The zero-order valence-corrected chi connectivity index (χ0v) is 22.9. The molecule has 210 valence electrons. The molecule has 40 heavy (non-hydrogen) atoms. The zero-order chi connectivity index (χ0) is 28.9. The van der Waals surface area contributed by atoms with Crippen molar-refractivity contribution in [1.29, 1.82) is 0 Å². The van der Waals surface area contributed by atoms with Crippen LogP contribution in [-0.2, 0) is 11.2 Å². The second-order valence-corrected chi connectivity index (χ2v) is 9.52. The lowest BCUT2D eigenvalue weighted by atomic mass is 10.0. The molecule has 0 aliphatic heterocycles. The summed E-state index contributed by atoms with van der Waals surface area (Å²) in [5.74, 6) is -1.39. The molecule has 0 aromatic heterocycles. The number of amides is 1. The summed E-state index contributed by atoms with van der Waals surface area (Å²) in [6.45, 7) is 4.24. The first-order chi connectivity index (χ1) is 19.3. The van der Waals surface area contributed by atoms with Crippen LogP contribution in [-0.4, -0.2) is 41.4 Å². The van der Waals surface area contributed by atoms with Gasteiger partial charge in [0.2, 0.25) is 0 Å². The Balaban J connectivity index is 1.51. The van der Waals surface area contributed by atoms with Gasteiger partial charge in [0, 0.05) is 17.5 Å². The minimum atomic E-state index is -1.19. The minimum absolute atomic E-state index is 0.0287.